The molecule has 2 N–H and O–H groups in total. The van der Waals surface area contributed by atoms with Crippen LogP contribution in [0.5, 0.6) is 0 Å². The van der Waals surface area contributed by atoms with E-state index < -0.39 is 5.60 Å². The number of carbonyl (C=O) groups is 1. The third kappa shape index (κ3) is 3.61. The van der Waals surface area contributed by atoms with Crippen LogP contribution in [0.15, 0.2) is 30.5 Å². The lowest BCUT2D eigenvalue weighted by atomic mass is 9.97. The van der Waals surface area contributed by atoms with Crippen LogP contribution in [0.25, 0.3) is 11.3 Å². The number of aryl methyl sites for hydroxylation is 2. The molecule has 1 aliphatic carbocycles. The maximum absolute atomic E-state index is 12.2. The van der Waals surface area contributed by atoms with Crippen LogP contribution >= 0.6 is 0 Å². The van der Waals surface area contributed by atoms with Crippen LogP contribution in [0.4, 0.5) is 5.69 Å². The number of benzene rings is 1. The van der Waals surface area contributed by atoms with E-state index in [9.17, 15) is 9.90 Å². The maximum Gasteiger partial charge on any atom is 0.227 e. The number of rotatable bonds is 4. The molecule has 2 heterocycles. The summed E-state index contributed by atoms with van der Waals surface area (Å²) < 4.78 is 2.25. The summed E-state index contributed by atoms with van der Waals surface area (Å²) in [6, 6.07) is 7.80. The van der Waals surface area contributed by atoms with E-state index in [0.717, 1.165) is 55.6 Å². The summed E-state index contributed by atoms with van der Waals surface area (Å²) in [6.07, 6.45) is 9.26. The second-order valence-corrected chi connectivity index (χ2v) is 7.43. The van der Waals surface area contributed by atoms with Crippen LogP contribution in [-0.4, -0.2) is 26.2 Å². The zero-order valence-corrected chi connectivity index (χ0v) is 14.5. The molecule has 1 aliphatic heterocycles. The van der Waals surface area contributed by atoms with E-state index in [-0.39, 0.29) is 12.3 Å². The fourth-order valence-electron chi connectivity index (χ4n) is 3.99. The molecule has 1 aromatic carbocycles. The van der Waals surface area contributed by atoms with Crippen LogP contribution in [-0.2, 0) is 17.8 Å². The van der Waals surface area contributed by atoms with Gasteiger partial charge in [-0.1, -0.05) is 25.0 Å². The molecule has 0 radical (unpaired) electrons. The van der Waals surface area contributed by atoms with Crippen molar-refractivity contribution in [1.29, 1.82) is 0 Å². The number of anilines is 1. The number of aromatic nitrogens is 2. The Bertz CT molecular complexity index is 734. The topological polar surface area (TPSA) is 67.2 Å². The van der Waals surface area contributed by atoms with Crippen LogP contribution in [0.3, 0.4) is 0 Å². The zero-order chi connectivity index (χ0) is 17.3. The van der Waals surface area contributed by atoms with E-state index in [2.05, 4.69) is 16.1 Å². The standard InChI is InChI=1S/C20H25N3O2/c24-19(13-20(25)10-2-3-11-20)21-16-8-6-15(7-9-16)17-14-23-12-4-1-5-18(23)22-17/h6-9,14,25H,1-5,10-13H2,(H,21,24). The molecule has 4 rings (SSSR count). The smallest absolute Gasteiger partial charge is 0.227 e. The number of aliphatic hydroxyl groups is 1. The molecular formula is C20H25N3O2. The number of imidazole rings is 1. The number of carbonyl (C=O) groups excluding carboxylic acids is 1. The van der Waals surface area contributed by atoms with Crippen LogP contribution < -0.4 is 5.32 Å². The highest BCUT2D eigenvalue weighted by Gasteiger charge is 2.33. The molecule has 132 valence electrons. The SMILES string of the molecule is O=C(CC1(O)CCCC1)Nc1ccc(-c2cn3c(n2)CCCC3)cc1. The van der Waals surface area contributed by atoms with Crippen molar-refractivity contribution in [2.24, 2.45) is 0 Å². The van der Waals surface area contributed by atoms with E-state index >= 15 is 0 Å². The molecule has 1 saturated carbocycles. The van der Waals surface area contributed by atoms with Crippen molar-refractivity contribution in [3.63, 3.8) is 0 Å². The van der Waals surface area contributed by atoms with Crippen LogP contribution in [0.2, 0.25) is 0 Å². The fourth-order valence-corrected chi connectivity index (χ4v) is 3.99. The molecule has 0 spiro atoms. The lowest BCUT2D eigenvalue weighted by molar-refractivity contribution is -0.120. The van der Waals surface area contributed by atoms with Gasteiger partial charge in [0.1, 0.15) is 5.82 Å². The Morgan fingerprint density at radius 2 is 1.92 bits per heavy atom. The monoisotopic (exact) mass is 339 g/mol. The van der Waals surface area contributed by atoms with Gasteiger partial charge in [-0.25, -0.2) is 4.98 Å². The molecule has 2 aromatic rings. The number of amides is 1. The molecular weight excluding hydrogens is 314 g/mol. The Hall–Kier alpha value is -2.14. The summed E-state index contributed by atoms with van der Waals surface area (Å²) in [5, 5.41) is 13.2. The number of nitrogens with one attached hydrogen (secondary N) is 1. The summed E-state index contributed by atoms with van der Waals surface area (Å²) >= 11 is 0. The van der Waals surface area contributed by atoms with Gasteiger partial charge in [-0.15, -0.1) is 0 Å². The summed E-state index contributed by atoms with van der Waals surface area (Å²) in [4.78, 5) is 16.9. The first-order valence-electron chi connectivity index (χ1n) is 9.30. The lowest BCUT2D eigenvalue weighted by Gasteiger charge is -2.21. The molecule has 25 heavy (non-hydrogen) atoms. The Balaban J connectivity index is 1.41. The second kappa shape index (κ2) is 6.64. The largest absolute Gasteiger partial charge is 0.389 e. The first-order valence-corrected chi connectivity index (χ1v) is 9.30. The van der Waals surface area contributed by atoms with E-state index in [4.69, 9.17) is 4.98 Å². The number of hydrogen-bond acceptors (Lipinski definition) is 3. The minimum absolute atomic E-state index is 0.116. The molecule has 5 nitrogen and oxygen atoms in total. The van der Waals surface area contributed by atoms with E-state index in [1.165, 1.54) is 18.7 Å². The van der Waals surface area contributed by atoms with Gasteiger partial charge in [-0.05, 0) is 37.8 Å². The lowest BCUT2D eigenvalue weighted by Crippen LogP contribution is -2.30. The van der Waals surface area contributed by atoms with Gasteiger partial charge in [0.15, 0.2) is 0 Å². The van der Waals surface area contributed by atoms with Gasteiger partial charge in [0.2, 0.25) is 5.91 Å². The van der Waals surface area contributed by atoms with Gasteiger partial charge in [0, 0.05) is 30.4 Å². The highest BCUT2D eigenvalue weighted by molar-refractivity contribution is 5.91. The van der Waals surface area contributed by atoms with Crippen LogP contribution in [0.1, 0.15) is 50.8 Å². The summed E-state index contributed by atoms with van der Waals surface area (Å²) in [5.41, 5.74) is 2.02. The van der Waals surface area contributed by atoms with Gasteiger partial charge in [0.05, 0.1) is 17.7 Å². The van der Waals surface area contributed by atoms with Crippen molar-refractivity contribution in [3.8, 4) is 11.3 Å². The number of nitrogens with zero attached hydrogens (tertiary/aromatic N) is 2. The Morgan fingerprint density at radius 1 is 1.16 bits per heavy atom. The van der Waals surface area contributed by atoms with Gasteiger partial charge >= 0.3 is 0 Å². The Kier molecular flexibility index (Phi) is 4.34. The van der Waals surface area contributed by atoms with Gasteiger partial charge in [-0.3, -0.25) is 4.79 Å². The third-order valence-electron chi connectivity index (χ3n) is 5.40. The maximum atomic E-state index is 12.2. The average molecular weight is 339 g/mol. The normalized spacial score (nSPS) is 18.8. The first kappa shape index (κ1) is 16.3. The van der Waals surface area contributed by atoms with Crippen molar-refractivity contribution in [3.05, 3.63) is 36.3 Å². The van der Waals surface area contributed by atoms with E-state index in [0.29, 0.717) is 0 Å². The molecule has 0 bridgehead atoms. The van der Waals surface area contributed by atoms with Crippen molar-refractivity contribution in [1.82, 2.24) is 9.55 Å². The third-order valence-corrected chi connectivity index (χ3v) is 5.40. The molecule has 0 atom stereocenters. The molecule has 1 aromatic heterocycles. The molecule has 2 aliphatic rings. The molecule has 1 amide bonds. The van der Waals surface area contributed by atoms with Crippen molar-refractivity contribution in [2.75, 3.05) is 5.32 Å². The fraction of sp³-hybridized carbons (Fsp3) is 0.500. The Labute approximate surface area is 148 Å². The van der Waals surface area contributed by atoms with Crippen molar-refractivity contribution >= 4 is 11.6 Å². The van der Waals surface area contributed by atoms with Crippen molar-refractivity contribution in [2.45, 2.75) is 63.5 Å². The van der Waals surface area contributed by atoms with Crippen molar-refractivity contribution < 1.29 is 9.90 Å². The zero-order valence-electron chi connectivity index (χ0n) is 14.5. The predicted molar refractivity (Wildman–Crippen MR) is 97.3 cm³/mol. The first-order chi connectivity index (χ1) is 12.1. The highest BCUT2D eigenvalue weighted by atomic mass is 16.3. The van der Waals surface area contributed by atoms with E-state index in [1.807, 2.05) is 24.3 Å². The summed E-state index contributed by atoms with van der Waals surface area (Å²) in [6.45, 7) is 1.05. The number of hydrogen-bond donors (Lipinski definition) is 2. The molecule has 0 saturated heterocycles. The van der Waals surface area contributed by atoms with Gasteiger partial charge < -0.3 is 15.0 Å². The summed E-state index contributed by atoms with van der Waals surface area (Å²) in [5.74, 6) is 1.05. The van der Waals surface area contributed by atoms with Crippen LogP contribution in [0, 0.1) is 0 Å². The molecule has 5 heteroatoms. The number of fused-ring (bicyclic) bond motifs is 1. The van der Waals surface area contributed by atoms with Gasteiger partial charge in [0.25, 0.3) is 0 Å². The molecule has 1 fully saturated rings. The predicted octanol–water partition coefficient (Wildman–Crippen LogP) is 3.52. The quantitative estimate of drug-likeness (QED) is 0.895. The second-order valence-electron chi connectivity index (χ2n) is 7.43. The molecule has 0 unspecified atom stereocenters. The Morgan fingerprint density at radius 3 is 2.64 bits per heavy atom. The van der Waals surface area contributed by atoms with Gasteiger partial charge in [-0.2, -0.15) is 0 Å². The minimum Gasteiger partial charge on any atom is -0.389 e. The minimum atomic E-state index is -0.806. The summed E-state index contributed by atoms with van der Waals surface area (Å²) in [7, 11) is 0. The van der Waals surface area contributed by atoms with E-state index in [1.54, 1.807) is 0 Å². The highest BCUT2D eigenvalue weighted by Crippen LogP contribution is 2.32. The average Bonchev–Trinajstić information content (AvgIpc) is 3.21.